The Morgan fingerprint density at radius 1 is 1.64 bits per heavy atom. The molecule has 1 aromatic rings. The molecule has 0 bridgehead atoms. The van der Waals surface area contributed by atoms with Crippen LogP contribution in [0.25, 0.3) is 5.57 Å². The van der Waals surface area contributed by atoms with Gasteiger partial charge in [0.2, 0.25) is 0 Å². The van der Waals surface area contributed by atoms with Crippen LogP contribution in [0.3, 0.4) is 0 Å². The zero-order valence-electron chi connectivity index (χ0n) is 7.17. The highest BCUT2D eigenvalue weighted by Crippen LogP contribution is 2.23. The fourth-order valence-corrected chi connectivity index (χ4v) is 1.27. The van der Waals surface area contributed by atoms with Crippen molar-refractivity contribution < 1.29 is 9.31 Å². The number of nitro benzene ring substituents is 1. The first-order chi connectivity index (χ1) is 6.56. The predicted molar refractivity (Wildman–Crippen MR) is 55.9 cm³/mol. The van der Waals surface area contributed by atoms with Crippen molar-refractivity contribution in [2.24, 2.45) is 0 Å². The average molecular weight is 260 g/mol. The Morgan fingerprint density at radius 3 is 2.79 bits per heavy atom. The van der Waals surface area contributed by atoms with Gasteiger partial charge in [0.15, 0.2) is 0 Å². The van der Waals surface area contributed by atoms with Gasteiger partial charge in [-0.2, -0.15) is 0 Å². The molecule has 14 heavy (non-hydrogen) atoms. The van der Waals surface area contributed by atoms with Crippen LogP contribution in [0.15, 0.2) is 24.8 Å². The Balaban J connectivity index is 3.21. The van der Waals surface area contributed by atoms with E-state index in [-0.39, 0.29) is 11.3 Å². The molecular formula is C9H7BrFNO2. The monoisotopic (exact) mass is 259 g/mol. The zero-order chi connectivity index (χ0) is 10.7. The van der Waals surface area contributed by atoms with Crippen molar-refractivity contribution in [2.45, 2.75) is 0 Å². The van der Waals surface area contributed by atoms with Crippen molar-refractivity contribution in [3.8, 4) is 0 Å². The maximum Gasteiger partial charge on any atom is 0.270 e. The fraction of sp³-hybridized carbons (Fsp3) is 0.111. The van der Waals surface area contributed by atoms with Crippen molar-refractivity contribution in [1.82, 2.24) is 0 Å². The Morgan fingerprint density at radius 2 is 2.29 bits per heavy atom. The fourth-order valence-electron chi connectivity index (χ4n) is 0.970. The summed E-state index contributed by atoms with van der Waals surface area (Å²) in [6.45, 7) is 3.60. The summed E-state index contributed by atoms with van der Waals surface area (Å²) in [7, 11) is 0. The van der Waals surface area contributed by atoms with E-state index < -0.39 is 10.7 Å². The molecule has 0 aliphatic heterocycles. The van der Waals surface area contributed by atoms with Gasteiger partial charge in [-0.15, -0.1) is 0 Å². The van der Waals surface area contributed by atoms with Gasteiger partial charge in [0.25, 0.3) is 5.69 Å². The largest absolute Gasteiger partial charge is 0.270 e. The van der Waals surface area contributed by atoms with Crippen molar-refractivity contribution in [3.05, 3.63) is 46.3 Å². The minimum Gasteiger partial charge on any atom is -0.258 e. The molecule has 0 amide bonds. The lowest BCUT2D eigenvalue weighted by molar-refractivity contribution is -0.384. The highest BCUT2D eigenvalue weighted by atomic mass is 79.9. The van der Waals surface area contributed by atoms with E-state index in [0.717, 1.165) is 12.1 Å². The number of halogens is 2. The zero-order valence-corrected chi connectivity index (χ0v) is 8.75. The number of non-ortho nitro benzene ring substituents is 1. The van der Waals surface area contributed by atoms with Crippen LogP contribution in [0.1, 0.15) is 5.56 Å². The Labute approximate surface area is 88.5 Å². The van der Waals surface area contributed by atoms with Gasteiger partial charge < -0.3 is 0 Å². The molecule has 1 aromatic carbocycles. The predicted octanol–water partition coefficient (Wildman–Crippen LogP) is 3.14. The van der Waals surface area contributed by atoms with Gasteiger partial charge in [0.1, 0.15) is 5.82 Å². The molecule has 0 saturated heterocycles. The second-order valence-electron chi connectivity index (χ2n) is 2.66. The van der Waals surface area contributed by atoms with Crippen molar-refractivity contribution >= 4 is 27.2 Å². The number of nitro groups is 1. The first kappa shape index (κ1) is 10.8. The van der Waals surface area contributed by atoms with Gasteiger partial charge in [-0.25, -0.2) is 4.39 Å². The molecule has 0 N–H and O–H groups in total. The molecule has 3 nitrogen and oxygen atoms in total. The Kier molecular flexibility index (Phi) is 3.35. The SMILES string of the molecule is C=C(CBr)c1cc([N+](=O)[O-])ccc1F. The van der Waals surface area contributed by atoms with Crippen LogP contribution < -0.4 is 0 Å². The van der Waals surface area contributed by atoms with Crippen LogP contribution >= 0.6 is 15.9 Å². The number of alkyl halides is 1. The lowest BCUT2D eigenvalue weighted by atomic mass is 10.1. The van der Waals surface area contributed by atoms with E-state index in [1.807, 2.05) is 0 Å². The molecule has 0 radical (unpaired) electrons. The number of rotatable bonds is 3. The number of nitrogens with zero attached hydrogens (tertiary/aromatic N) is 1. The minimum atomic E-state index is -0.565. The molecule has 0 aliphatic rings. The van der Waals surface area contributed by atoms with E-state index in [4.69, 9.17) is 0 Å². The third kappa shape index (κ3) is 2.17. The van der Waals surface area contributed by atoms with Crippen LogP contribution in [-0.2, 0) is 0 Å². The van der Waals surface area contributed by atoms with E-state index in [0.29, 0.717) is 10.9 Å². The smallest absolute Gasteiger partial charge is 0.258 e. The maximum atomic E-state index is 13.2. The van der Waals surface area contributed by atoms with E-state index in [9.17, 15) is 14.5 Å². The molecule has 0 aromatic heterocycles. The van der Waals surface area contributed by atoms with Gasteiger partial charge in [-0.05, 0) is 11.6 Å². The second-order valence-corrected chi connectivity index (χ2v) is 3.22. The molecule has 0 heterocycles. The molecule has 74 valence electrons. The first-order valence-corrected chi connectivity index (χ1v) is 4.86. The summed E-state index contributed by atoms with van der Waals surface area (Å²) < 4.78 is 13.2. The third-order valence-corrected chi connectivity index (χ3v) is 2.38. The first-order valence-electron chi connectivity index (χ1n) is 3.74. The standard InChI is InChI=1S/C9H7BrFNO2/c1-6(5-10)8-4-7(12(13)14)2-3-9(8)11/h2-4H,1,5H2. The highest BCUT2D eigenvalue weighted by molar-refractivity contribution is 9.09. The molecular weight excluding hydrogens is 253 g/mol. The van der Waals surface area contributed by atoms with Gasteiger partial charge in [-0.1, -0.05) is 22.5 Å². The molecule has 0 unspecified atom stereocenters. The summed E-state index contributed by atoms with van der Waals surface area (Å²) in [4.78, 5) is 9.85. The average Bonchev–Trinajstić information content (AvgIpc) is 2.17. The summed E-state index contributed by atoms with van der Waals surface area (Å²) in [5.41, 5.74) is 0.519. The van der Waals surface area contributed by atoms with E-state index >= 15 is 0 Å². The minimum absolute atomic E-state index is 0.136. The number of benzene rings is 1. The normalized spacial score (nSPS) is 9.86. The lowest BCUT2D eigenvalue weighted by Crippen LogP contribution is -1.94. The summed E-state index contributed by atoms with van der Waals surface area (Å²) in [5.74, 6) is -0.500. The van der Waals surface area contributed by atoms with Crippen molar-refractivity contribution in [2.75, 3.05) is 5.33 Å². The molecule has 1 rings (SSSR count). The number of hydrogen-bond acceptors (Lipinski definition) is 2. The van der Waals surface area contributed by atoms with Crippen LogP contribution in [0.5, 0.6) is 0 Å². The molecule has 0 atom stereocenters. The second kappa shape index (κ2) is 4.32. The molecule has 5 heteroatoms. The quantitative estimate of drug-likeness (QED) is 0.476. The molecule has 0 spiro atoms. The van der Waals surface area contributed by atoms with Crippen LogP contribution in [0.2, 0.25) is 0 Å². The molecule has 0 aliphatic carbocycles. The Hall–Kier alpha value is -1.23. The van der Waals surface area contributed by atoms with Crippen LogP contribution in [0, 0.1) is 15.9 Å². The summed E-state index contributed by atoms with van der Waals surface area (Å²) in [6, 6.07) is 3.38. The maximum absolute atomic E-state index is 13.2. The third-order valence-electron chi connectivity index (χ3n) is 1.70. The summed E-state index contributed by atoms with van der Waals surface area (Å²) in [5, 5.41) is 10.8. The van der Waals surface area contributed by atoms with Gasteiger partial charge in [-0.3, -0.25) is 10.1 Å². The summed E-state index contributed by atoms with van der Waals surface area (Å²) >= 11 is 3.11. The molecule has 0 fully saturated rings. The van der Waals surface area contributed by atoms with Gasteiger partial charge in [0.05, 0.1) is 4.92 Å². The van der Waals surface area contributed by atoms with Gasteiger partial charge >= 0.3 is 0 Å². The highest BCUT2D eigenvalue weighted by Gasteiger charge is 2.11. The Bertz CT molecular complexity index is 392. The topological polar surface area (TPSA) is 43.1 Å². The van der Waals surface area contributed by atoms with E-state index in [1.54, 1.807) is 0 Å². The van der Waals surface area contributed by atoms with Gasteiger partial charge in [0, 0.05) is 23.0 Å². The van der Waals surface area contributed by atoms with Crippen LogP contribution in [0.4, 0.5) is 10.1 Å². The van der Waals surface area contributed by atoms with E-state index in [2.05, 4.69) is 22.5 Å². The number of allylic oxidation sites excluding steroid dienone is 1. The lowest BCUT2D eigenvalue weighted by Gasteiger charge is -2.02. The molecule has 0 saturated carbocycles. The van der Waals surface area contributed by atoms with Crippen LogP contribution in [-0.4, -0.2) is 10.3 Å². The van der Waals surface area contributed by atoms with Crippen molar-refractivity contribution in [3.63, 3.8) is 0 Å². The van der Waals surface area contributed by atoms with E-state index in [1.165, 1.54) is 6.07 Å². The summed E-state index contributed by atoms with van der Waals surface area (Å²) in [6.07, 6.45) is 0. The van der Waals surface area contributed by atoms with Crippen molar-refractivity contribution in [1.29, 1.82) is 0 Å². The number of hydrogen-bond donors (Lipinski definition) is 0.